The van der Waals surface area contributed by atoms with Crippen LogP contribution in [0.1, 0.15) is 41.8 Å². The predicted molar refractivity (Wildman–Crippen MR) is 125 cm³/mol. The van der Waals surface area contributed by atoms with Gasteiger partial charge >= 0.3 is 0 Å². The van der Waals surface area contributed by atoms with Crippen LogP contribution in [0.4, 0.5) is 4.39 Å². The highest BCUT2D eigenvalue weighted by molar-refractivity contribution is 6.46. The Morgan fingerprint density at radius 2 is 1.91 bits per heavy atom. The second-order valence-electron chi connectivity index (χ2n) is 8.21. The van der Waals surface area contributed by atoms with Gasteiger partial charge in [0, 0.05) is 12.1 Å². The lowest BCUT2D eigenvalue weighted by Gasteiger charge is -2.23. The van der Waals surface area contributed by atoms with E-state index >= 15 is 0 Å². The Balaban J connectivity index is 1.69. The lowest BCUT2D eigenvalue weighted by molar-refractivity contribution is -0.140. The number of carbonyl (C=O) groups is 2. The quantitative estimate of drug-likeness (QED) is 0.283. The number of hydrogen-bond donors (Lipinski definition) is 1. The van der Waals surface area contributed by atoms with Gasteiger partial charge in [0.25, 0.3) is 11.7 Å². The minimum absolute atomic E-state index is 0.0271. The zero-order chi connectivity index (χ0) is 24.2. The van der Waals surface area contributed by atoms with Gasteiger partial charge in [-0.1, -0.05) is 19.1 Å². The number of aliphatic hydroxyl groups is 1. The molecule has 1 aliphatic heterocycles. The molecule has 0 spiro atoms. The third kappa shape index (κ3) is 4.59. The highest BCUT2D eigenvalue weighted by Crippen LogP contribution is 2.40. The van der Waals surface area contributed by atoms with Gasteiger partial charge in [-0.05, 0) is 73.4 Å². The Hall–Kier alpha value is -3.87. The van der Waals surface area contributed by atoms with Crippen molar-refractivity contribution in [3.05, 3.63) is 94.7 Å². The van der Waals surface area contributed by atoms with Gasteiger partial charge < -0.3 is 19.2 Å². The van der Waals surface area contributed by atoms with Crippen molar-refractivity contribution in [2.75, 3.05) is 13.2 Å². The summed E-state index contributed by atoms with van der Waals surface area (Å²) in [6.07, 6.45) is 2.73. The standard InChI is InChI=1S/C27H26FNO5/c1-3-14-33-21-11-8-19(16-17(21)2)25(30)23-24(22-5-4-15-34-22)29(27(32)26(23)31)13-12-18-6-9-20(28)10-7-18/h4-11,15-16,24,30H,3,12-14H2,1-2H3/b25-23-. The first kappa shape index (κ1) is 23.3. The Labute approximate surface area is 197 Å². The second-order valence-corrected chi connectivity index (χ2v) is 8.21. The molecule has 0 bridgehead atoms. The van der Waals surface area contributed by atoms with Gasteiger partial charge in [-0.3, -0.25) is 9.59 Å². The van der Waals surface area contributed by atoms with Crippen molar-refractivity contribution in [3.63, 3.8) is 0 Å². The van der Waals surface area contributed by atoms with Gasteiger partial charge in [0.2, 0.25) is 0 Å². The highest BCUT2D eigenvalue weighted by Gasteiger charge is 2.47. The van der Waals surface area contributed by atoms with Crippen molar-refractivity contribution in [2.45, 2.75) is 32.7 Å². The minimum atomic E-state index is -0.869. The third-order valence-electron chi connectivity index (χ3n) is 5.82. The maximum Gasteiger partial charge on any atom is 0.295 e. The first-order chi connectivity index (χ1) is 16.4. The molecule has 1 aliphatic rings. The summed E-state index contributed by atoms with van der Waals surface area (Å²) in [7, 11) is 0. The molecule has 1 fully saturated rings. The summed E-state index contributed by atoms with van der Waals surface area (Å²) in [6.45, 7) is 4.64. The number of halogens is 1. The fraction of sp³-hybridized carbons (Fsp3) is 0.259. The fourth-order valence-electron chi connectivity index (χ4n) is 4.08. The van der Waals surface area contributed by atoms with E-state index in [1.807, 2.05) is 13.8 Å². The highest BCUT2D eigenvalue weighted by atomic mass is 19.1. The van der Waals surface area contributed by atoms with Crippen LogP contribution in [0.15, 0.2) is 70.9 Å². The fourth-order valence-corrected chi connectivity index (χ4v) is 4.08. The van der Waals surface area contributed by atoms with E-state index in [2.05, 4.69) is 0 Å². The molecular formula is C27H26FNO5. The number of aryl methyl sites for hydroxylation is 1. The van der Waals surface area contributed by atoms with E-state index in [4.69, 9.17) is 9.15 Å². The lowest BCUT2D eigenvalue weighted by Crippen LogP contribution is -2.31. The molecule has 34 heavy (non-hydrogen) atoms. The molecular weight excluding hydrogens is 437 g/mol. The Kier molecular flexibility index (Phi) is 6.82. The van der Waals surface area contributed by atoms with E-state index in [1.54, 1.807) is 42.5 Å². The molecule has 2 heterocycles. The number of nitrogens with zero attached hydrogens (tertiary/aromatic N) is 1. The van der Waals surface area contributed by atoms with E-state index in [9.17, 15) is 19.1 Å². The van der Waals surface area contributed by atoms with Gasteiger partial charge in [0.15, 0.2) is 0 Å². The average molecular weight is 464 g/mol. The van der Waals surface area contributed by atoms with Gasteiger partial charge in [-0.2, -0.15) is 0 Å². The van der Waals surface area contributed by atoms with Crippen molar-refractivity contribution >= 4 is 17.4 Å². The van der Waals surface area contributed by atoms with Crippen LogP contribution in [-0.2, 0) is 16.0 Å². The molecule has 1 saturated heterocycles. The number of ketones is 1. The predicted octanol–water partition coefficient (Wildman–Crippen LogP) is 5.18. The maximum absolute atomic E-state index is 13.2. The number of rotatable bonds is 8. The van der Waals surface area contributed by atoms with Gasteiger partial charge in [0.05, 0.1) is 18.4 Å². The molecule has 0 saturated carbocycles. The Morgan fingerprint density at radius 1 is 1.15 bits per heavy atom. The van der Waals surface area contributed by atoms with E-state index in [0.717, 1.165) is 17.5 Å². The van der Waals surface area contributed by atoms with Crippen molar-refractivity contribution < 1.29 is 28.2 Å². The summed E-state index contributed by atoms with van der Waals surface area (Å²) in [5.74, 6) is -1.04. The first-order valence-corrected chi connectivity index (χ1v) is 11.2. The normalized spacial score (nSPS) is 17.4. The number of Topliss-reactive ketones (excluding diaryl/α,β-unsaturated/α-hetero) is 1. The molecule has 4 rings (SSSR count). The zero-order valence-corrected chi connectivity index (χ0v) is 19.1. The molecule has 6 nitrogen and oxygen atoms in total. The van der Waals surface area contributed by atoms with Gasteiger partial charge in [-0.25, -0.2) is 4.39 Å². The van der Waals surface area contributed by atoms with Crippen LogP contribution in [0.25, 0.3) is 5.76 Å². The van der Waals surface area contributed by atoms with Crippen LogP contribution in [0.3, 0.4) is 0 Å². The summed E-state index contributed by atoms with van der Waals surface area (Å²) in [5.41, 5.74) is 2.01. The van der Waals surface area contributed by atoms with Crippen LogP contribution in [0.5, 0.6) is 5.75 Å². The summed E-state index contributed by atoms with van der Waals surface area (Å²) < 4.78 is 24.5. The van der Waals surface area contributed by atoms with Crippen LogP contribution < -0.4 is 4.74 Å². The third-order valence-corrected chi connectivity index (χ3v) is 5.82. The summed E-state index contributed by atoms with van der Waals surface area (Å²) >= 11 is 0. The van der Waals surface area contributed by atoms with Crippen LogP contribution >= 0.6 is 0 Å². The molecule has 0 aliphatic carbocycles. The molecule has 1 aromatic heterocycles. The van der Waals surface area contributed by atoms with Crippen molar-refractivity contribution in [2.24, 2.45) is 0 Å². The second kappa shape index (κ2) is 9.95. The van der Waals surface area contributed by atoms with Crippen molar-refractivity contribution in [3.8, 4) is 5.75 Å². The molecule has 0 radical (unpaired) electrons. The molecule has 1 atom stereocenters. The van der Waals surface area contributed by atoms with Crippen LogP contribution in [-0.4, -0.2) is 34.8 Å². The molecule has 1 N–H and O–H groups in total. The number of ether oxygens (including phenoxy) is 1. The largest absolute Gasteiger partial charge is 0.507 e. The zero-order valence-electron chi connectivity index (χ0n) is 19.1. The van der Waals surface area contributed by atoms with Gasteiger partial charge in [0.1, 0.15) is 29.1 Å². The monoisotopic (exact) mass is 463 g/mol. The number of carbonyl (C=O) groups excluding carboxylic acids is 2. The number of hydrogen-bond acceptors (Lipinski definition) is 5. The van der Waals surface area contributed by atoms with Crippen LogP contribution in [0.2, 0.25) is 0 Å². The summed E-state index contributed by atoms with van der Waals surface area (Å²) in [6, 6.07) is 13.6. The minimum Gasteiger partial charge on any atom is -0.507 e. The van der Waals surface area contributed by atoms with Crippen molar-refractivity contribution in [1.29, 1.82) is 0 Å². The lowest BCUT2D eigenvalue weighted by atomic mass is 9.98. The molecule has 2 aromatic carbocycles. The summed E-state index contributed by atoms with van der Waals surface area (Å²) in [5, 5.41) is 11.2. The van der Waals surface area contributed by atoms with E-state index in [-0.39, 0.29) is 23.7 Å². The molecule has 176 valence electrons. The van der Waals surface area contributed by atoms with Crippen LogP contribution in [0, 0.1) is 12.7 Å². The molecule has 1 amide bonds. The number of benzene rings is 2. The van der Waals surface area contributed by atoms with E-state index < -0.39 is 17.7 Å². The summed E-state index contributed by atoms with van der Waals surface area (Å²) in [4.78, 5) is 27.4. The van der Waals surface area contributed by atoms with E-state index in [0.29, 0.717) is 30.1 Å². The number of amides is 1. The molecule has 3 aromatic rings. The average Bonchev–Trinajstić information content (AvgIpc) is 3.45. The molecule has 1 unspecified atom stereocenters. The first-order valence-electron chi connectivity index (χ1n) is 11.2. The van der Waals surface area contributed by atoms with Crippen molar-refractivity contribution in [1.82, 2.24) is 4.90 Å². The maximum atomic E-state index is 13.2. The number of likely N-dealkylation sites (tertiary alicyclic amines) is 1. The Bertz CT molecular complexity index is 1210. The van der Waals surface area contributed by atoms with Gasteiger partial charge in [-0.15, -0.1) is 0 Å². The number of aliphatic hydroxyl groups excluding tert-OH is 1. The Morgan fingerprint density at radius 3 is 2.56 bits per heavy atom. The smallest absolute Gasteiger partial charge is 0.295 e. The number of furan rings is 1. The molecule has 7 heteroatoms. The topological polar surface area (TPSA) is 80.0 Å². The SMILES string of the molecule is CCCOc1ccc(/C(O)=C2/C(=O)C(=O)N(CCc3ccc(F)cc3)C2c2ccco2)cc1C. The van der Waals surface area contributed by atoms with E-state index in [1.165, 1.54) is 23.3 Å².